The molecule has 118 valence electrons. The highest BCUT2D eigenvalue weighted by Gasteiger charge is 2.32. The Labute approximate surface area is 121 Å². The molecule has 0 aliphatic heterocycles. The van der Waals surface area contributed by atoms with Crippen LogP contribution in [0.5, 0.6) is 0 Å². The number of rotatable bonds is 4. The van der Waals surface area contributed by atoms with Crippen LogP contribution in [0, 0.1) is 0 Å². The molecule has 0 spiro atoms. The number of nitrogens with one attached hydrogen (secondary N) is 1. The number of alkyl carbamates (subject to hydrolysis) is 1. The van der Waals surface area contributed by atoms with Crippen molar-refractivity contribution in [2.75, 3.05) is 7.11 Å². The molecule has 6 heteroatoms. The number of ether oxygens (including phenoxy) is 3. The second kappa shape index (κ2) is 6.92. The van der Waals surface area contributed by atoms with Crippen molar-refractivity contribution in [1.82, 2.24) is 5.32 Å². The van der Waals surface area contributed by atoms with Crippen molar-refractivity contribution in [3.63, 3.8) is 0 Å². The lowest BCUT2D eigenvalue weighted by molar-refractivity contribution is -0.150. The first-order chi connectivity index (χ1) is 8.85. The maximum absolute atomic E-state index is 11.8. The average Bonchev–Trinajstić information content (AvgIpc) is 2.19. The summed E-state index contributed by atoms with van der Waals surface area (Å²) in [6.45, 7) is 12.5. The smallest absolute Gasteiger partial charge is 0.408 e. The van der Waals surface area contributed by atoms with Crippen molar-refractivity contribution < 1.29 is 23.8 Å². The summed E-state index contributed by atoms with van der Waals surface area (Å²) < 4.78 is 15.5. The second-order valence-corrected chi connectivity index (χ2v) is 6.58. The first kappa shape index (κ1) is 18.7. The van der Waals surface area contributed by atoms with Gasteiger partial charge in [-0.2, -0.15) is 0 Å². The van der Waals surface area contributed by atoms with Crippen molar-refractivity contribution in [3.05, 3.63) is 0 Å². The molecule has 0 saturated carbocycles. The van der Waals surface area contributed by atoms with Gasteiger partial charge in [0.25, 0.3) is 0 Å². The highest BCUT2D eigenvalue weighted by Crippen LogP contribution is 2.14. The molecule has 0 rings (SSSR count). The first-order valence-electron chi connectivity index (χ1n) is 6.61. The summed E-state index contributed by atoms with van der Waals surface area (Å²) in [5, 5.41) is 2.49. The maximum atomic E-state index is 11.8. The van der Waals surface area contributed by atoms with Gasteiger partial charge in [-0.15, -0.1) is 0 Å². The minimum Gasteiger partial charge on any atom is -0.467 e. The normalized spacial score (nSPS) is 15.2. The molecule has 6 nitrogen and oxygen atoms in total. The molecule has 1 N–H and O–H groups in total. The Hall–Kier alpha value is -1.30. The zero-order chi connectivity index (χ0) is 16.1. The van der Waals surface area contributed by atoms with Gasteiger partial charge >= 0.3 is 12.1 Å². The molecule has 1 amide bonds. The second-order valence-electron chi connectivity index (χ2n) is 6.58. The van der Waals surface area contributed by atoms with E-state index in [1.54, 1.807) is 27.7 Å². The van der Waals surface area contributed by atoms with E-state index in [4.69, 9.17) is 9.47 Å². The number of carbonyl (C=O) groups excluding carboxylic acids is 2. The fourth-order valence-corrected chi connectivity index (χ4v) is 1.56. The number of hydrogen-bond donors (Lipinski definition) is 1. The molecule has 20 heavy (non-hydrogen) atoms. The molecule has 0 aliphatic carbocycles. The number of carbonyl (C=O) groups is 2. The van der Waals surface area contributed by atoms with E-state index in [1.807, 2.05) is 20.8 Å². The molecule has 0 unspecified atom stereocenters. The monoisotopic (exact) mass is 289 g/mol. The predicted molar refractivity (Wildman–Crippen MR) is 75.5 cm³/mol. The molecule has 0 fully saturated rings. The highest BCUT2D eigenvalue weighted by atomic mass is 16.6. The molecule has 0 aromatic heterocycles. The average molecular weight is 289 g/mol. The van der Waals surface area contributed by atoms with Crippen molar-refractivity contribution in [3.8, 4) is 0 Å². The summed E-state index contributed by atoms with van der Waals surface area (Å²) in [6, 6.07) is -0.922. The summed E-state index contributed by atoms with van der Waals surface area (Å²) in [4.78, 5) is 23.5. The fourth-order valence-electron chi connectivity index (χ4n) is 1.56. The number of methoxy groups -OCH3 is 1. The van der Waals surface area contributed by atoms with Gasteiger partial charge in [0.15, 0.2) is 6.04 Å². The van der Waals surface area contributed by atoms with Crippen LogP contribution in [0.4, 0.5) is 4.79 Å². The van der Waals surface area contributed by atoms with Crippen LogP contribution in [-0.4, -0.2) is 42.5 Å². The van der Waals surface area contributed by atoms with E-state index in [9.17, 15) is 9.59 Å². The minimum atomic E-state index is -0.922. The number of amides is 1. The van der Waals surface area contributed by atoms with Crippen LogP contribution < -0.4 is 5.32 Å². The van der Waals surface area contributed by atoms with Gasteiger partial charge in [-0.25, -0.2) is 9.59 Å². The third kappa shape index (κ3) is 7.99. The summed E-state index contributed by atoms with van der Waals surface area (Å²) in [5.41, 5.74) is -1.08. The van der Waals surface area contributed by atoms with Gasteiger partial charge < -0.3 is 19.5 Å². The zero-order valence-electron chi connectivity index (χ0n) is 13.7. The Balaban J connectivity index is 4.82. The summed E-state index contributed by atoms with van der Waals surface area (Å²) in [6.07, 6.45) is -1.23. The van der Waals surface area contributed by atoms with Crippen molar-refractivity contribution in [2.24, 2.45) is 0 Å². The van der Waals surface area contributed by atoms with Gasteiger partial charge in [0.2, 0.25) is 0 Å². The largest absolute Gasteiger partial charge is 0.467 e. The van der Waals surface area contributed by atoms with E-state index in [2.05, 4.69) is 10.1 Å². The molecule has 0 saturated heterocycles. The summed E-state index contributed by atoms with van der Waals surface area (Å²) >= 11 is 0. The van der Waals surface area contributed by atoms with Gasteiger partial charge in [-0.3, -0.25) is 0 Å². The van der Waals surface area contributed by atoms with E-state index in [-0.39, 0.29) is 0 Å². The van der Waals surface area contributed by atoms with Gasteiger partial charge in [0.1, 0.15) is 5.60 Å². The van der Waals surface area contributed by atoms with Gasteiger partial charge in [0.05, 0.1) is 18.8 Å². The van der Waals surface area contributed by atoms with E-state index in [0.717, 1.165) is 0 Å². The minimum absolute atomic E-state index is 0.443. The standard InChI is InChI=1S/C14H27NO5/c1-9(19-13(2,3)4)10(11(16)18-8)15-12(17)20-14(5,6)7/h9-10H,1-8H3,(H,15,17)/t9-,10+/m1/s1. The third-order valence-corrected chi connectivity index (χ3v) is 2.14. The topological polar surface area (TPSA) is 73.9 Å². The lowest BCUT2D eigenvalue weighted by atomic mass is 10.1. The molecule has 0 aromatic carbocycles. The predicted octanol–water partition coefficient (Wildman–Crippen LogP) is 2.26. The van der Waals surface area contributed by atoms with E-state index >= 15 is 0 Å². The van der Waals surface area contributed by atoms with Crippen LogP contribution in [0.3, 0.4) is 0 Å². The van der Waals surface area contributed by atoms with Crippen LogP contribution in [-0.2, 0) is 19.0 Å². The number of esters is 1. The Morgan fingerprint density at radius 3 is 1.85 bits per heavy atom. The maximum Gasteiger partial charge on any atom is 0.408 e. The molecule has 2 atom stereocenters. The summed E-state index contributed by atoms with van der Waals surface area (Å²) in [7, 11) is 1.26. The Morgan fingerprint density at radius 2 is 1.50 bits per heavy atom. The molecular formula is C14H27NO5. The molecule has 0 aliphatic rings. The van der Waals surface area contributed by atoms with Crippen LogP contribution in [0.15, 0.2) is 0 Å². The summed E-state index contributed by atoms with van der Waals surface area (Å²) in [5.74, 6) is -0.576. The highest BCUT2D eigenvalue weighted by molar-refractivity contribution is 5.82. The molecule has 0 aromatic rings. The lowest BCUT2D eigenvalue weighted by Gasteiger charge is -2.30. The van der Waals surface area contributed by atoms with Gasteiger partial charge in [0, 0.05) is 0 Å². The van der Waals surface area contributed by atoms with Crippen LogP contribution >= 0.6 is 0 Å². The number of hydrogen-bond acceptors (Lipinski definition) is 5. The Kier molecular flexibility index (Phi) is 6.47. The molecule has 0 bridgehead atoms. The quantitative estimate of drug-likeness (QED) is 0.804. The van der Waals surface area contributed by atoms with Crippen molar-refractivity contribution in [2.45, 2.75) is 71.8 Å². The Bertz CT molecular complexity index is 340. The molecule has 0 radical (unpaired) electrons. The van der Waals surface area contributed by atoms with Gasteiger partial charge in [-0.05, 0) is 48.5 Å². The SMILES string of the molecule is COC(=O)[C@@H](NC(=O)OC(C)(C)C)[C@@H](C)OC(C)(C)C. The van der Waals surface area contributed by atoms with Crippen molar-refractivity contribution >= 4 is 12.1 Å². The molecule has 0 heterocycles. The van der Waals surface area contributed by atoms with E-state index in [1.165, 1.54) is 7.11 Å². The Morgan fingerprint density at radius 1 is 1.00 bits per heavy atom. The van der Waals surface area contributed by atoms with Crippen molar-refractivity contribution in [1.29, 1.82) is 0 Å². The first-order valence-corrected chi connectivity index (χ1v) is 6.61. The third-order valence-electron chi connectivity index (χ3n) is 2.14. The van der Waals surface area contributed by atoms with E-state index < -0.39 is 35.4 Å². The van der Waals surface area contributed by atoms with Crippen LogP contribution in [0.2, 0.25) is 0 Å². The van der Waals surface area contributed by atoms with Crippen LogP contribution in [0.25, 0.3) is 0 Å². The van der Waals surface area contributed by atoms with Crippen LogP contribution in [0.1, 0.15) is 48.5 Å². The lowest BCUT2D eigenvalue weighted by Crippen LogP contribution is -2.52. The van der Waals surface area contributed by atoms with Gasteiger partial charge in [-0.1, -0.05) is 0 Å². The molecular weight excluding hydrogens is 262 g/mol. The van der Waals surface area contributed by atoms with E-state index in [0.29, 0.717) is 0 Å². The zero-order valence-corrected chi connectivity index (χ0v) is 13.7. The fraction of sp³-hybridized carbons (Fsp3) is 0.857.